The summed E-state index contributed by atoms with van der Waals surface area (Å²) in [6.45, 7) is 4.21. The van der Waals surface area contributed by atoms with Crippen LogP contribution in [0, 0.1) is 13.8 Å². The number of aromatic nitrogens is 4. The number of hydrogen-bond donors (Lipinski definition) is 0. The Labute approximate surface area is 132 Å². The molecule has 4 nitrogen and oxygen atoms in total. The molecule has 2 heterocycles. The first-order valence-electron chi connectivity index (χ1n) is 7.07. The van der Waals surface area contributed by atoms with Gasteiger partial charge in [-0.1, -0.05) is 65.4 Å². The quantitative estimate of drug-likeness (QED) is 0.559. The summed E-state index contributed by atoms with van der Waals surface area (Å²) < 4.78 is 1.83. The molecule has 0 fully saturated rings. The van der Waals surface area contributed by atoms with Gasteiger partial charge in [-0.2, -0.15) is 9.61 Å². The molecular weight excluding hydrogens is 292 g/mol. The lowest BCUT2D eigenvalue weighted by Gasteiger charge is -2.02. The van der Waals surface area contributed by atoms with E-state index in [0.29, 0.717) is 0 Å². The fourth-order valence-electron chi connectivity index (χ4n) is 2.55. The third-order valence-corrected chi connectivity index (χ3v) is 4.57. The SMILES string of the molecule is Cc1ccc(-c2nn3c(-c4ccccc4)nnc3s2)c(C)c1. The molecule has 0 aliphatic rings. The minimum absolute atomic E-state index is 0.780. The molecule has 0 radical (unpaired) electrons. The molecule has 0 bridgehead atoms. The molecular formula is C17H14N4S. The van der Waals surface area contributed by atoms with Crippen LogP contribution in [0.4, 0.5) is 0 Å². The number of fused-ring (bicyclic) bond motifs is 1. The van der Waals surface area contributed by atoms with Crippen molar-refractivity contribution in [2.75, 3.05) is 0 Å². The van der Waals surface area contributed by atoms with Crippen LogP contribution in [-0.4, -0.2) is 19.8 Å². The van der Waals surface area contributed by atoms with Gasteiger partial charge in [0, 0.05) is 11.1 Å². The minimum atomic E-state index is 0.780. The molecule has 0 saturated heterocycles. The van der Waals surface area contributed by atoms with Crippen LogP contribution < -0.4 is 0 Å². The van der Waals surface area contributed by atoms with E-state index in [1.807, 2.05) is 34.8 Å². The molecule has 2 aromatic heterocycles. The van der Waals surface area contributed by atoms with Crippen LogP contribution in [0.25, 0.3) is 26.9 Å². The molecule has 0 N–H and O–H groups in total. The van der Waals surface area contributed by atoms with Gasteiger partial charge in [0.15, 0.2) is 5.82 Å². The Hall–Kier alpha value is -2.53. The summed E-state index contributed by atoms with van der Waals surface area (Å²) in [5.74, 6) is 0.780. The van der Waals surface area contributed by atoms with Gasteiger partial charge in [0.2, 0.25) is 4.96 Å². The van der Waals surface area contributed by atoms with Gasteiger partial charge in [0.05, 0.1) is 0 Å². The Kier molecular flexibility index (Phi) is 3.01. The van der Waals surface area contributed by atoms with Gasteiger partial charge < -0.3 is 0 Å². The van der Waals surface area contributed by atoms with E-state index in [-0.39, 0.29) is 0 Å². The van der Waals surface area contributed by atoms with E-state index in [9.17, 15) is 0 Å². The average molecular weight is 306 g/mol. The Morgan fingerprint density at radius 3 is 2.55 bits per heavy atom. The van der Waals surface area contributed by atoms with Crippen molar-refractivity contribution in [1.29, 1.82) is 0 Å². The molecule has 0 unspecified atom stereocenters. The summed E-state index contributed by atoms with van der Waals surface area (Å²) in [6, 6.07) is 16.4. The van der Waals surface area contributed by atoms with Crippen molar-refractivity contribution in [3.05, 3.63) is 59.7 Å². The van der Waals surface area contributed by atoms with Crippen LogP contribution in [0.1, 0.15) is 11.1 Å². The van der Waals surface area contributed by atoms with Crippen LogP contribution >= 0.6 is 11.3 Å². The highest BCUT2D eigenvalue weighted by molar-refractivity contribution is 7.19. The van der Waals surface area contributed by atoms with Gasteiger partial charge in [-0.25, -0.2) is 0 Å². The molecule has 4 aromatic rings. The molecule has 0 saturated carbocycles. The fraction of sp³-hybridized carbons (Fsp3) is 0.118. The molecule has 0 aliphatic carbocycles. The van der Waals surface area contributed by atoms with Gasteiger partial charge >= 0.3 is 0 Å². The maximum absolute atomic E-state index is 4.72. The lowest BCUT2D eigenvalue weighted by atomic mass is 10.1. The summed E-state index contributed by atoms with van der Waals surface area (Å²) in [6.07, 6.45) is 0. The largest absolute Gasteiger partial charge is 0.235 e. The molecule has 2 aromatic carbocycles. The monoisotopic (exact) mass is 306 g/mol. The first-order valence-corrected chi connectivity index (χ1v) is 7.89. The second-order valence-corrected chi connectivity index (χ2v) is 6.27. The van der Waals surface area contributed by atoms with Crippen molar-refractivity contribution in [3.8, 4) is 22.0 Å². The fourth-order valence-corrected chi connectivity index (χ4v) is 3.48. The molecule has 0 spiro atoms. The van der Waals surface area contributed by atoms with Crippen molar-refractivity contribution < 1.29 is 0 Å². The maximum atomic E-state index is 4.72. The number of nitrogens with zero attached hydrogens (tertiary/aromatic N) is 4. The Bertz CT molecular complexity index is 953. The Morgan fingerprint density at radius 1 is 0.955 bits per heavy atom. The highest BCUT2D eigenvalue weighted by Crippen LogP contribution is 2.30. The number of rotatable bonds is 2. The van der Waals surface area contributed by atoms with Gasteiger partial charge in [-0.15, -0.1) is 10.2 Å². The highest BCUT2D eigenvalue weighted by atomic mass is 32.1. The van der Waals surface area contributed by atoms with Gasteiger partial charge in [0.1, 0.15) is 5.01 Å². The number of hydrogen-bond acceptors (Lipinski definition) is 4. The zero-order valence-electron chi connectivity index (χ0n) is 12.3. The van der Waals surface area contributed by atoms with Crippen molar-refractivity contribution in [3.63, 3.8) is 0 Å². The van der Waals surface area contributed by atoms with Crippen molar-refractivity contribution in [2.24, 2.45) is 0 Å². The van der Waals surface area contributed by atoms with Crippen molar-refractivity contribution in [1.82, 2.24) is 19.8 Å². The Balaban J connectivity index is 1.87. The predicted octanol–water partition coefficient (Wildman–Crippen LogP) is 4.14. The molecule has 22 heavy (non-hydrogen) atoms. The van der Waals surface area contributed by atoms with E-state index in [2.05, 4.69) is 42.2 Å². The zero-order chi connectivity index (χ0) is 15.1. The summed E-state index contributed by atoms with van der Waals surface area (Å²) >= 11 is 1.56. The predicted molar refractivity (Wildman–Crippen MR) is 89.0 cm³/mol. The molecule has 4 rings (SSSR count). The normalized spacial score (nSPS) is 11.2. The maximum Gasteiger partial charge on any atom is 0.235 e. The molecule has 0 atom stereocenters. The van der Waals surface area contributed by atoms with Crippen LogP contribution in [0.15, 0.2) is 48.5 Å². The average Bonchev–Trinajstić information content (AvgIpc) is 3.08. The molecule has 0 aliphatic heterocycles. The third kappa shape index (κ3) is 2.10. The summed E-state index contributed by atoms with van der Waals surface area (Å²) in [7, 11) is 0. The van der Waals surface area contributed by atoms with Crippen LogP contribution in [0.3, 0.4) is 0 Å². The highest BCUT2D eigenvalue weighted by Gasteiger charge is 2.15. The zero-order valence-corrected chi connectivity index (χ0v) is 13.1. The van der Waals surface area contributed by atoms with Gasteiger partial charge in [0.25, 0.3) is 0 Å². The first kappa shape index (κ1) is 13.2. The third-order valence-electron chi connectivity index (χ3n) is 3.64. The first-order chi connectivity index (χ1) is 10.7. The molecule has 5 heteroatoms. The molecule has 0 amide bonds. The van der Waals surface area contributed by atoms with Crippen molar-refractivity contribution in [2.45, 2.75) is 13.8 Å². The minimum Gasteiger partial charge on any atom is -0.182 e. The van der Waals surface area contributed by atoms with E-state index in [0.717, 1.165) is 26.9 Å². The summed E-state index contributed by atoms with van der Waals surface area (Å²) in [5.41, 5.74) is 4.66. The second kappa shape index (κ2) is 5.03. The van der Waals surface area contributed by atoms with Crippen LogP contribution in [0.2, 0.25) is 0 Å². The molecule has 108 valence electrons. The van der Waals surface area contributed by atoms with Crippen molar-refractivity contribution >= 4 is 16.3 Å². The van der Waals surface area contributed by atoms with Crippen LogP contribution in [-0.2, 0) is 0 Å². The van der Waals surface area contributed by atoms with E-state index < -0.39 is 0 Å². The standard InChI is InChI=1S/C17H14N4S/c1-11-8-9-14(12(2)10-11)16-20-21-15(18-19-17(21)22-16)13-6-4-3-5-7-13/h3-10H,1-2H3. The van der Waals surface area contributed by atoms with E-state index in [4.69, 9.17) is 5.10 Å². The van der Waals surface area contributed by atoms with E-state index in [1.54, 1.807) is 11.3 Å². The summed E-state index contributed by atoms with van der Waals surface area (Å²) in [4.78, 5) is 0.814. The number of aryl methyl sites for hydroxylation is 2. The van der Waals surface area contributed by atoms with E-state index in [1.165, 1.54) is 11.1 Å². The number of benzene rings is 2. The Morgan fingerprint density at radius 2 is 1.77 bits per heavy atom. The lowest BCUT2D eigenvalue weighted by molar-refractivity contribution is 0.970. The lowest BCUT2D eigenvalue weighted by Crippen LogP contribution is -1.91. The van der Waals surface area contributed by atoms with Gasteiger partial charge in [-0.05, 0) is 19.4 Å². The second-order valence-electron chi connectivity index (χ2n) is 5.31. The van der Waals surface area contributed by atoms with Gasteiger partial charge in [-0.3, -0.25) is 0 Å². The topological polar surface area (TPSA) is 43.1 Å². The smallest absolute Gasteiger partial charge is 0.182 e. The van der Waals surface area contributed by atoms with E-state index >= 15 is 0 Å². The summed E-state index contributed by atoms with van der Waals surface area (Å²) in [5, 5.41) is 14.2. The van der Waals surface area contributed by atoms with Crippen LogP contribution in [0.5, 0.6) is 0 Å².